The highest BCUT2D eigenvalue weighted by molar-refractivity contribution is 6.33. The lowest BCUT2D eigenvalue weighted by Crippen LogP contribution is -2.51. The van der Waals surface area contributed by atoms with Crippen molar-refractivity contribution in [2.45, 2.75) is 6.92 Å². The molecule has 0 bridgehead atoms. The lowest BCUT2D eigenvalue weighted by Gasteiger charge is -2.34. The van der Waals surface area contributed by atoms with Gasteiger partial charge in [-0.2, -0.15) is 0 Å². The first-order valence-electron chi connectivity index (χ1n) is 7.67. The molecule has 0 unspecified atom stereocenters. The number of nitrogen functional groups attached to an aromatic ring is 1. The predicted octanol–water partition coefficient (Wildman–Crippen LogP) is 0.778. The second-order valence-corrected chi connectivity index (χ2v) is 5.94. The number of piperazine rings is 1. The van der Waals surface area contributed by atoms with E-state index < -0.39 is 12.6 Å². The van der Waals surface area contributed by atoms with E-state index in [1.165, 1.54) is 26.2 Å². The number of esters is 1. The van der Waals surface area contributed by atoms with Crippen LogP contribution in [0.5, 0.6) is 5.75 Å². The van der Waals surface area contributed by atoms with Gasteiger partial charge in [-0.3, -0.25) is 9.59 Å². The number of halogens is 1. The first-order valence-corrected chi connectivity index (χ1v) is 8.04. The zero-order valence-corrected chi connectivity index (χ0v) is 14.8. The van der Waals surface area contributed by atoms with Crippen molar-refractivity contribution in [3.63, 3.8) is 0 Å². The van der Waals surface area contributed by atoms with Crippen molar-refractivity contribution in [2.24, 2.45) is 0 Å². The number of ether oxygens (including phenoxy) is 2. The van der Waals surface area contributed by atoms with E-state index in [9.17, 15) is 14.4 Å². The molecule has 0 aliphatic carbocycles. The molecule has 1 aromatic rings. The molecule has 136 valence electrons. The van der Waals surface area contributed by atoms with Crippen molar-refractivity contribution in [2.75, 3.05) is 45.6 Å². The number of methoxy groups -OCH3 is 1. The topological polar surface area (TPSA) is 102 Å². The number of benzene rings is 1. The summed E-state index contributed by atoms with van der Waals surface area (Å²) in [6.07, 6.45) is 0. The number of hydrogen-bond donors (Lipinski definition) is 1. The molecule has 1 saturated heterocycles. The van der Waals surface area contributed by atoms with E-state index in [4.69, 9.17) is 26.8 Å². The van der Waals surface area contributed by atoms with Crippen LogP contribution in [-0.4, -0.2) is 67.5 Å². The number of rotatable bonds is 4. The average Bonchev–Trinajstić information content (AvgIpc) is 2.61. The van der Waals surface area contributed by atoms with Gasteiger partial charge in [-0.05, 0) is 6.07 Å². The SMILES string of the molecule is COc1cc(N)c(Cl)cc1C(=O)OCC(=O)N1CCN(C(C)=O)CC1. The standard InChI is InChI=1S/C16H20ClN3O5/c1-10(21)19-3-5-20(6-4-19)15(22)9-25-16(23)11-7-12(17)13(18)8-14(11)24-2/h7-8H,3-6,9,18H2,1-2H3. The van der Waals surface area contributed by atoms with Crippen LogP contribution in [0.2, 0.25) is 5.02 Å². The van der Waals surface area contributed by atoms with Gasteiger partial charge in [0.1, 0.15) is 11.3 Å². The molecule has 0 aromatic heterocycles. The van der Waals surface area contributed by atoms with Crippen LogP contribution in [0.25, 0.3) is 0 Å². The number of nitrogens with zero attached hydrogens (tertiary/aromatic N) is 2. The van der Waals surface area contributed by atoms with Gasteiger partial charge >= 0.3 is 5.97 Å². The molecule has 2 rings (SSSR count). The molecule has 25 heavy (non-hydrogen) atoms. The van der Waals surface area contributed by atoms with Gasteiger partial charge in [0.15, 0.2) is 6.61 Å². The molecular formula is C16H20ClN3O5. The molecule has 1 aromatic carbocycles. The van der Waals surface area contributed by atoms with Crippen LogP contribution in [0.3, 0.4) is 0 Å². The van der Waals surface area contributed by atoms with Crippen molar-refractivity contribution >= 4 is 35.1 Å². The molecule has 9 heteroatoms. The Labute approximate surface area is 150 Å². The largest absolute Gasteiger partial charge is 0.496 e. The quantitative estimate of drug-likeness (QED) is 0.621. The highest BCUT2D eigenvalue weighted by atomic mass is 35.5. The Morgan fingerprint density at radius 2 is 1.76 bits per heavy atom. The molecular weight excluding hydrogens is 350 g/mol. The van der Waals surface area contributed by atoms with Gasteiger partial charge in [0.05, 0.1) is 17.8 Å². The van der Waals surface area contributed by atoms with Gasteiger partial charge in [0.25, 0.3) is 5.91 Å². The fourth-order valence-corrected chi connectivity index (χ4v) is 2.63. The van der Waals surface area contributed by atoms with Crippen molar-refractivity contribution in [3.05, 3.63) is 22.7 Å². The molecule has 2 amide bonds. The number of anilines is 1. The molecule has 1 fully saturated rings. The molecule has 2 N–H and O–H groups in total. The minimum Gasteiger partial charge on any atom is -0.496 e. The van der Waals surface area contributed by atoms with Gasteiger partial charge in [0, 0.05) is 39.2 Å². The first kappa shape index (κ1) is 18.9. The lowest BCUT2D eigenvalue weighted by molar-refractivity contribution is -0.140. The van der Waals surface area contributed by atoms with Crippen LogP contribution in [0.4, 0.5) is 5.69 Å². The van der Waals surface area contributed by atoms with Gasteiger partial charge in [0.2, 0.25) is 5.91 Å². The van der Waals surface area contributed by atoms with E-state index >= 15 is 0 Å². The van der Waals surface area contributed by atoms with Gasteiger partial charge < -0.3 is 25.0 Å². The fraction of sp³-hybridized carbons (Fsp3) is 0.438. The third kappa shape index (κ3) is 4.54. The number of carbonyl (C=O) groups is 3. The molecule has 1 aliphatic rings. The third-order valence-corrected chi connectivity index (χ3v) is 4.27. The van der Waals surface area contributed by atoms with E-state index in [-0.39, 0.29) is 33.8 Å². The molecule has 8 nitrogen and oxygen atoms in total. The normalized spacial score (nSPS) is 14.2. The van der Waals surface area contributed by atoms with E-state index in [0.717, 1.165) is 0 Å². The van der Waals surface area contributed by atoms with E-state index in [1.807, 2.05) is 0 Å². The smallest absolute Gasteiger partial charge is 0.342 e. The van der Waals surface area contributed by atoms with E-state index in [0.29, 0.717) is 26.2 Å². The Morgan fingerprint density at radius 1 is 1.16 bits per heavy atom. The van der Waals surface area contributed by atoms with Crippen LogP contribution in [0.1, 0.15) is 17.3 Å². The monoisotopic (exact) mass is 369 g/mol. The minimum atomic E-state index is -0.727. The lowest BCUT2D eigenvalue weighted by atomic mass is 10.2. The summed E-state index contributed by atoms with van der Waals surface area (Å²) in [5.41, 5.74) is 6.03. The zero-order valence-electron chi connectivity index (χ0n) is 14.1. The predicted molar refractivity (Wildman–Crippen MR) is 91.5 cm³/mol. The van der Waals surface area contributed by atoms with Crippen molar-refractivity contribution in [1.29, 1.82) is 0 Å². The highest BCUT2D eigenvalue weighted by Crippen LogP contribution is 2.29. The Morgan fingerprint density at radius 3 is 2.32 bits per heavy atom. The van der Waals surface area contributed by atoms with Crippen LogP contribution in [0, 0.1) is 0 Å². The molecule has 0 saturated carbocycles. The summed E-state index contributed by atoms with van der Waals surface area (Å²) in [5, 5.41) is 0.194. The Hall–Kier alpha value is -2.48. The third-order valence-electron chi connectivity index (χ3n) is 3.94. The first-order chi connectivity index (χ1) is 11.8. The van der Waals surface area contributed by atoms with Gasteiger partial charge in [-0.15, -0.1) is 0 Å². The van der Waals surface area contributed by atoms with Crippen LogP contribution in [0.15, 0.2) is 12.1 Å². The number of hydrogen-bond acceptors (Lipinski definition) is 6. The summed E-state index contributed by atoms with van der Waals surface area (Å²) in [5.74, 6) is -0.855. The molecule has 0 spiro atoms. The Kier molecular flexibility index (Phi) is 6.08. The second kappa shape index (κ2) is 8.06. The fourth-order valence-electron chi connectivity index (χ4n) is 2.46. The molecule has 1 heterocycles. The summed E-state index contributed by atoms with van der Waals surface area (Å²) in [6.45, 7) is 2.85. The average molecular weight is 370 g/mol. The van der Waals surface area contributed by atoms with Gasteiger partial charge in [-0.1, -0.05) is 11.6 Å². The maximum atomic E-state index is 12.2. The summed E-state index contributed by atoms with van der Waals surface area (Å²) < 4.78 is 10.2. The van der Waals surface area contributed by atoms with Crippen LogP contribution in [-0.2, 0) is 14.3 Å². The van der Waals surface area contributed by atoms with Gasteiger partial charge in [-0.25, -0.2) is 4.79 Å². The van der Waals surface area contributed by atoms with Crippen molar-refractivity contribution in [1.82, 2.24) is 9.80 Å². The van der Waals surface area contributed by atoms with Crippen LogP contribution >= 0.6 is 11.6 Å². The maximum absolute atomic E-state index is 12.2. The van der Waals surface area contributed by atoms with Crippen molar-refractivity contribution in [3.8, 4) is 5.75 Å². The maximum Gasteiger partial charge on any atom is 0.342 e. The summed E-state index contributed by atoms with van der Waals surface area (Å²) in [7, 11) is 1.39. The summed E-state index contributed by atoms with van der Waals surface area (Å²) >= 11 is 5.91. The summed E-state index contributed by atoms with van der Waals surface area (Å²) in [6, 6.07) is 2.76. The number of carbonyl (C=O) groups excluding carboxylic acids is 3. The molecule has 1 aliphatic heterocycles. The molecule has 0 radical (unpaired) electrons. The summed E-state index contributed by atoms with van der Waals surface area (Å²) in [4.78, 5) is 38.8. The van der Waals surface area contributed by atoms with E-state index in [1.54, 1.807) is 9.80 Å². The Bertz CT molecular complexity index is 687. The number of amides is 2. The van der Waals surface area contributed by atoms with Crippen LogP contribution < -0.4 is 10.5 Å². The minimum absolute atomic E-state index is 0.0224. The highest BCUT2D eigenvalue weighted by Gasteiger charge is 2.24. The number of nitrogens with two attached hydrogens (primary N) is 1. The second-order valence-electron chi connectivity index (χ2n) is 5.54. The van der Waals surface area contributed by atoms with Crippen molar-refractivity contribution < 1.29 is 23.9 Å². The zero-order chi connectivity index (χ0) is 18.6. The van der Waals surface area contributed by atoms with E-state index in [2.05, 4.69) is 0 Å². The Balaban J connectivity index is 1.93. The molecule has 0 atom stereocenters.